The third kappa shape index (κ3) is 4.43. The largest absolute Gasteiger partial charge is 0.495 e. The van der Waals surface area contributed by atoms with Crippen LogP contribution in [0.15, 0.2) is 51.9 Å². The Balaban J connectivity index is 1.97. The number of sulfonamides is 1. The first-order chi connectivity index (χ1) is 14.3. The fourth-order valence-corrected chi connectivity index (χ4v) is 4.61. The van der Waals surface area contributed by atoms with Gasteiger partial charge in [-0.1, -0.05) is 5.16 Å². The highest BCUT2D eigenvalue weighted by atomic mass is 32.2. The van der Waals surface area contributed by atoms with Crippen LogP contribution >= 0.6 is 0 Å². The molecule has 0 radical (unpaired) electrons. The third-order valence-electron chi connectivity index (χ3n) is 4.95. The zero-order valence-corrected chi connectivity index (χ0v) is 18.7. The number of hydrogen-bond donors (Lipinski definition) is 1. The molecule has 0 aliphatic carbocycles. The SMILES string of the molecule is CCN(CC)c1ccc(NS(=O)(=O)c2cc(-c3cc(C)no3)ccc2OC)c(C)c1. The fraction of sp³-hybridized carbons (Fsp3) is 0.318. The summed E-state index contributed by atoms with van der Waals surface area (Å²) in [6, 6.07) is 12.3. The van der Waals surface area contributed by atoms with Gasteiger partial charge >= 0.3 is 0 Å². The Morgan fingerprint density at radius 2 is 1.80 bits per heavy atom. The van der Waals surface area contributed by atoms with Gasteiger partial charge in [0.05, 0.1) is 18.5 Å². The molecule has 1 N–H and O–H groups in total. The molecule has 0 aliphatic heterocycles. The van der Waals surface area contributed by atoms with Crippen LogP contribution in [0.3, 0.4) is 0 Å². The molecule has 160 valence electrons. The van der Waals surface area contributed by atoms with Gasteiger partial charge in [-0.15, -0.1) is 0 Å². The van der Waals surface area contributed by atoms with Crippen molar-refractivity contribution in [2.24, 2.45) is 0 Å². The number of benzene rings is 2. The van der Waals surface area contributed by atoms with E-state index in [1.165, 1.54) is 13.2 Å². The Morgan fingerprint density at radius 1 is 1.07 bits per heavy atom. The Morgan fingerprint density at radius 3 is 2.37 bits per heavy atom. The molecule has 30 heavy (non-hydrogen) atoms. The van der Waals surface area contributed by atoms with Crippen LogP contribution in [0.1, 0.15) is 25.1 Å². The number of methoxy groups -OCH3 is 1. The Hall–Kier alpha value is -3.00. The maximum Gasteiger partial charge on any atom is 0.265 e. The minimum absolute atomic E-state index is 0.0313. The van der Waals surface area contributed by atoms with Gasteiger partial charge in [-0.05, 0) is 69.7 Å². The van der Waals surface area contributed by atoms with Crippen LogP contribution < -0.4 is 14.4 Å². The molecule has 0 saturated heterocycles. The second-order valence-electron chi connectivity index (χ2n) is 6.98. The topological polar surface area (TPSA) is 84.7 Å². The average Bonchev–Trinajstić information content (AvgIpc) is 3.16. The molecule has 3 rings (SSSR count). The highest BCUT2D eigenvalue weighted by Crippen LogP contribution is 2.32. The van der Waals surface area contributed by atoms with Gasteiger partial charge in [0.2, 0.25) is 0 Å². The highest BCUT2D eigenvalue weighted by molar-refractivity contribution is 7.92. The molecule has 7 nitrogen and oxygen atoms in total. The molecule has 0 saturated carbocycles. The summed E-state index contributed by atoms with van der Waals surface area (Å²) in [7, 11) is -2.46. The van der Waals surface area contributed by atoms with Crippen LogP contribution in [0.25, 0.3) is 11.3 Å². The van der Waals surface area contributed by atoms with Crippen molar-refractivity contribution in [3.63, 3.8) is 0 Å². The number of anilines is 2. The molecule has 2 aromatic carbocycles. The van der Waals surface area contributed by atoms with Crippen LogP contribution in [0.5, 0.6) is 5.75 Å². The summed E-state index contributed by atoms with van der Waals surface area (Å²) in [5.41, 5.74) is 3.73. The van der Waals surface area contributed by atoms with Gasteiger partial charge in [-0.25, -0.2) is 8.42 Å². The van der Waals surface area contributed by atoms with Gasteiger partial charge in [-0.3, -0.25) is 4.72 Å². The van der Waals surface area contributed by atoms with Crippen LogP contribution in [-0.4, -0.2) is 33.8 Å². The summed E-state index contributed by atoms with van der Waals surface area (Å²) in [6.07, 6.45) is 0. The summed E-state index contributed by atoms with van der Waals surface area (Å²) in [6.45, 7) is 9.63. The molecule has 8 heteroatoms. The maximum atomic E-state index is 13.2. The lowest BCUT2D eigenvalue weighted by Gasteiger charge is -2.22. The Kier molecular flexibility index (Phi) is 6.36. The van der Waals surface area contributed by atoms with Crippen molar-refractivity contribution in [3.05, 3.63) is 53.7 Å². The molecule has 0 aliphatic rings. The minimum Gasteiger partial charge on any atom is -0.495 e. The smallest absolute Gasteiger partial charge is 0.265 e. The van der Waals surface area contributed by atoms with E-state index in [1.807, 2.05) is 19.1 Å². The van der Waals surface area contributed by atoms with E-state index in [0.717, 1.165) is 24.3 Å². The van der Waals surface area contributed by atoms with Crippen molar-refractivity contribution in [1.82, 2.24) is 5.16 Å². The molecule has 0 amide bonds. The summed E-state index contributed by atoms with van der Waals surface area (Å²) in [5, 5.41) is 3.87. The molecule has 3 aromatic rings. The number of aromatic nitrogens is 1. The van der Waals surface area contributed by atoms with E-state index in [2.05, 4.69) is 28.6 Å². The molecule has 0 spiro atoms. The van der Waals surface area contributed by atoms with Crippen LogP contribution in [-0.2, 0) is 10.0 Å². The number of aryl methyl sites for hydroxylation is 2. The van der Waals surface area contributed by atoms with E-state index in [1.54, 1.807) is 31.2 Å². The van der Waals surface area contributed by atoms with Gasteiger partial charge in [0.25, 0.3) is 10.0 Å². The number of nitrogens with zero attached hydrogens (tertiary/aromatic N) is 2. The van der Waals surface area contributed by atoms with E-state index in [-0.39, 0.29) is 10.6 Å². The maximum absolute atomic E-state index is 13.2. The third-order valence-corrected chi connectivity index (χ3v) is 6.34. The average molecular weight is 430 g/mol. The van der Waals surface area contributed by atoms with Crippen LogP contribution in [0, 0.1) is 13.8 Å². The Labute approximate surface area is 177 Å². The van der Waals surface area contributed by atoms with Crippen molar-refractivity contribution in [2.45, 2.75) is 32.6 Å². The zero-order chi connectivity index (χ0) is 21.9. The summed E-state index contributed by atoms with van der Waals surface area (Å²) < 4.78 is 39.7. The lowest BCUT2D eigenvalue weighted by atomic mass is 10.1. The van der Waals surface area contributed by atoms with E-state index < -0.39 is 10.0 Å². The van der Waals surface area contributed by atoms with Gasteiger partial charge < -0.3 is 14.2 Å². The highest BCUT2D eigenvalue weighted by Gasteiger charge is 2.22. The molecule has 0 unspecified atom stereocenters. The monoisotopic (exact) mass is 429 g/mol. The first-order valence-electron chi connectivity index (χ1n) is 9.79. The number of ether oxygens (including phenoxy) is 1. The predicted octanol–water partition coefficient (Wildman–Crippen LogP) is 4.61. The lowest BCUT2D eigenvalue weighted by molar-refractivity contribution is 0.402. The van der Waals surface area contributed by atoms with Crippen molar-refractivity contribution in [1.29, 1.82) is 0 Å². The fourth-order valence-electron chi connectivity index (χ4n) is 3.29. The summed E-state index contributed by atoms with van der Waals surface area (Å²) in [4.78, 5) is 2.24. The second kappa shape index (κ2) is 8.79. The lowest BCUT2D eigenvalue weighted by Crippen LogP contribution is -2.22. The van der Waals surface area contributed by atoms with E-state index in [0.29, 0.717) is 22.7 Å². The molecule has 0 fully saturated rings. The minimum atomic E-state index is -3.90. The molecule has 0 atom stereocenters. The van der Waals surface area contributed by atoms with Crippen molar-refractivity contribution >= 4 is 21.4 Å². The van der Waals surface area contributed by atoms with Gasteiger partial charge in [0, 0.05) is 30.4 Å². The van der Waals surface area contributed by atoms with Crippen LogP contribution in [0.4, 0.5) is 11.4 Å². The summed E-state index contributed by atoms with van der Waals surface area (Å²) >= 11 is 0. The normalized spacial score (nSPS) is 11.4. The second-order valence-corrected chi connectivity index (χ2v) is 8.63. The number of nitrogens with one attached hydrogen (secondary N) is 1. The molecule has 0 bridgehead atoms. The van der Waals surface area contributed by atoms with Crippen molar-refractivity contribution < 1.29 is 17.7 Å². The number of hydrogen-bond acceptors (Lipinski definition) is 6. The molecule has 1 heterocycles. The zero-order valence-electron chi connectivity index (χ0n) is 17.9. The van der Waals surface area contributed by atoms with E-state index in [9.17, 15) is 8.42 Å². The number of rotatable bonds is 8. The van der Waals surface area contributed by atoms with E-state index in [4.69, 9.17) is 9.26 Å². The van der Waals surface area contributed by atoms with Crippen molar-refractivity contribution in [3.8, 4) is 17.1 Å². The molecular formula is C22H27N3O4S. The summed E-state index contributed by atoms with van der Waals surface area (Å²) in [5.74, 6) is 0.742. The molecular weight excluding hydrogens is 402 g/mol. The molecule has 1 aromatic heterocycles. The predicted molar refractivity (Wildman–Crippen MR) is 119 cm³/mol. The van der Waals surface area contributed by atoms with Gasteiger partial charge in [0.1, 0.15) is 10.6 Å². The van der Waals surface area contributed by atoms with Gasteiger partial charge in [-0.2, -0.15) is 0 Å². The van der Waals surface area contributed by atoms with Crippen molar-refractivity contribution in [2.75, 3.05) is 29.8 Å². The van der Waals surface area contributed by atoms with Gasteiger partial charge in [0.15, 0.2) is 5.76 Å². The van der Waals surface area contributed by atoms with E-state index >= 15 is 0 Å². The Bertz CT molecular complexity index is 1140. The standard InChI is InChI=1S/C22H27N3O4S/c1-6-25(7-2)18-9-10-19(15(3)12-18)24-30(26,27)22-14-17(8-11-20(22)28-5)21-13-16(4)23-29-21/h8-14,24H,6-7H2,1-5H3. The van der Waals surface area contributed by atoms with Crippen LogP contribution in [0.2, 0.25) is 0 Å². The quantitative estimate of drug-likeness (QED) is 0.563. The first-order valence-corrected chi connectivity index (χ1v) is 11.3. The first kappa shape index (κ1) is 21.7.